The van der Waals surface area contributed by atoms with E-state index in [0.717, 1.165) is 11.3 Å². The average Bonchev–Trinajstić information content (AvgIpc) is 2.73. The van der Waals surface area contributed by atoms with Crippen LogP contribution in [0.4, 0.5) is 11.4 Å². The third-order valence-electron chi connectivity index (χ3n) is 2.58. The molecule has 0 fully saturated rings. The molecule has 0 unspecified atom stereocenters. The van der Waals surface area contributed by atoms with Gasteiger partial charge in [-0.15, -0.1) is 0 Å². The van der Waals surface area contributed by atoms with Gasteiger partial charge in [-0.25, -0.2) is 0 Å². The Labute approximate surface area is 108 Å². The van der Waals surface area contributed by atoms with Crippen LogP contribution in [0.2, 0.25) is 5.02 Å². The van der Waals surface area contributed by atoms with E-state index < -0.39 is 4.92 Å². The molecule has 0 radical (unpaired) electrons. The third-order valence-corrected chi connectivity index (χ3v) is 2.89. The first-order valence-corrected chi connectivity index (χ1v) is 5.63. The first-order chi connectivity index (χ1) is 8.59. The molecule has 7 heteroatoms. The summed E-state index contributed by atoms with van der Waals surface area (Å²) in [4.78, 5) is 10.4. The molecule has 0 aliphatic heterocycles. The molecule has 0 aliphatic carbocycles. The van der Waals surface area contributed by atoms with Crippen molar-refractivity contribution in [3.63, 3.8) is 0 Å². The number of nitrogens with one attached hydrogen (secondary N) is 2. The highest BCUT2D eigenvalue weighted by Gasteiger charge is 2.16. The lowest BCUT2D eigenvalue weighted by atomic mass is 10.2. The summed E-state index contributed by atoms with van der Waals surface area (Å²) in [6, 6.07) is 4.57. The number of nitro benzene ring substituents is 1. The summed E-state index contributed by atoms with van der Waals surface area (Å²) in [5.41, 5.74) is 2.13. The number of hydrogen-bond acceptors (Lipinski definition) is 4. The van der Waals surface area contributed by atoms with Crippen LogP contribution in [0.25, 0.3) is 0 Å². The quantitative estimate of drug-likeness (QED) is 0.658. The maximum absolute atomic E-state index is 10.9. The monoisotopic (exact) mass is 266 g/mol. The number of halogens is 1. The Morgan fingerprint density at radius 3 is 2.94 bits per heavy atom. The van der Waals surface area contributed by atoms with Crippen molar-refractivity contribution in [2.24, 2.45) is 0 Å². The van der Waals surface area contributed by atoms with E-state index in [0.29, 0.717) is 17.3 Å². The van der Waals surface area contributed by atoms with Crippen LogP contribution in [-0.2, 0) is 6.54 Å². The summed E-state index contributed by atoms with van der Waals surface area (Å²) in [6.45, 7) is 2.30. The zero-order chi connectivity index (χ0) is 13.1. The van der Waals surface area contributed by atoms with E-state index in [2.05, 4.69) is 15.5 Å². The number of benzene rings is 1. The second-order valence-corrected chi connectivity index (χ2v) is 4.17. The SMILES string of the molecule is Cc1[nH]ncc1CNc1c(Cl)cccc1[N+](=O)[O-]. The van der Waals surface area contributed by atoms with Gasteiger partial charge in [-0.2, -0.15) is 5.10 Å². The molecule has 1 aromatic carbocycles. The van der Waals surface area contributed by atoms with Crippen LogP contribution in [0.3, 0.4) is 0 Å². The van der Waals surface area contributed by atoms with Crippen LogP contribution < -0.4 is 5.32 Å². The van der Waals surface area contributed by atoms with E-state index in [1.807, 2.05) is 6.92 Å². The Kier molecular flexibility index (Phi) is 3.47. The van der Waals surface area contributed by atoms with Gasteiger partial charge in [0.15, 0.2) is 0 Å². The highest BCUT2D eigenvalue weighted by molar-refractivity contribution is 6.33. The molecule has 1 heterocycles. The molecule has 2 rings (SSSR count). The van der Waals surface area contributed by atoms with Gasteiger partial charge in [0.05, 0.1) is 16.1 Å². The highest BCUT2D eigenvalue weighted by atomic mass is 35.5. The first-order valence-electron chi connectivity index (χ1n) is 5.25. The fourth-order valence-corrected chi connectivity index (χ4v) is 1.81. The number of aromatic amines is 1. The lowest BCUT2D eigenvalue weighted by Crippen LogP contribution is -2.03. The summed E-state index contributed by atoms with van der Waals surface area (Å²) in [7, 11) is 0. The van der Waals surface area contributed by atoms with Gasteiger partial charge in [-0.05, 0) is 13.0 Å². The largest absolute Gasteiger partial charge is 0.374 e. The average molecular weight is 267 g/mol. The Hall–Kier alpha value is -2.08. The van der Waals surface area contributed by atoms with Gasteiger partial charge >= 0.3 is 0 Å². The Morgan fingerprint density at radius 2 is 2.33 bits per heavy atom. The number of H-pyrrole nitrogens is 1. The number of aromatic nitrogens is 2. The lowest BCUT2D eigenvalue weighted by molar-refractivity contribution is -0.383. The Balaban J connectivity index is 2.24. The summed E-state index contributed by atoms with van der Waals surface area (Å²) in [5.74, 6) is 0. The summed E-state index contributed by atoms with van der Waals surface area (Å²) in [5, 5.41) is 20.9. The van der Waals surface area contributed by atoms with Crippen LogP contribution in [0.1, 0.15) is 11.3 Å². The topological polar surface area (TPSA) is 83.8 Å². The van der Waals surface area contributed by atoms with E-state index in [1.54, 1.807) is 18.3 Å². The number of anilines is 1. The second-order valence-electron chi connectivity index (χ2n) is 3.76. The van der Waals surface area contributed by atoms with Gasteiger partial charge in [-0.3, -0.25) is 15.2 Å². The molecule has 1 aromatic heterocycles. The summed E-state index contributed by atoms with van der Waals surface area (Å²) >= 11 is 5.96. The fourth-order valence-electron chi connectivity index (χ4n) is 1.58. The van der Waals surface area contributed by atoms with Gasteiger partial charge in [-0.1, -0.05) is 17.7 Å². The number of nitrogens with zero attached hydrogens (tertiary/aromatic N) is 2. The minimum Gasteiger partial charge on any atom is -0.374 e. The lowest BCUT2D eigenvalue weighted by Gasteiger charge is -2.08. The smallest absolute Gasteiger partial charge is 0.293 e. The molecule has 94 valence electrons. The Bertz CT molecular complexity index is 582. The van der Waals surface area contributed by atoms with E-state index in [-0.39, 0.29) is 5.69 Å². The minimum atomic E-state index is -0.462. The number of nitro groups is 1. The maximum atomic E-state index is 10.9. The molecule has 18 heavy (non-hydrogen) atoms. The summed E-state index contributed by atoms with van der Waals surface area (Å²) < 4.78 is 0. The predicted molar refractivity (Wildman–Crippen MR) is 68.8 cm³/mol. The van der Waals surface area contributed by atoms with Crippen molar-refractivity contribution < 1.29 is 4.92 Å². The molecular formula is C11H11ClN4O2. The molecule has 2 aromatic rings. The van der Waals surface area contributed by atoms with Crippen molar-refractivity contribution >= 4 is 23.0 Å². The van der Waals surface area contributed by atoms with Gasteiger partial charge in [0, 0.05) is 23.9 Å². The molecule has 2 N–H and O–H groups in total. The zero-order valence-electron chi connectivity index (χ0n) is 9.61. The van der Waals surface area contributed by atoms with Crippen molar-refractivity contribution in [2.45, 2.75) is 13.5 Å². The van der Waals surface area contributed by atoms with Gasteiger partial charge < -0.3 is 5.32 Å². The molecule has 0 amide bonds. The van der Waals surface area contributed by atoms with Gasteiger partial charge in [0.2, 0.25) is 0 Å². The summed E-state index contributed by atoms with van der Waals surface area (Å²) in [6.07, 6.45) is 1.67. The minimum absolute atomic E-state index is 0.0383. The molecule has 0 saturated heterocycles. The van der Waals surface area contributed by atoms with Gasteiger partial charge in [0.1, 0.15) is 5.69 Å². The molecular weight excluding hydrogens is 256 g/mol. The third kappa shape index (κ3) is 2.43. The van der Waals surface area contributed by atoms with Crippen LogP contribution in [0, 0.1) is 17.0 Å². The van der Waals surface area contributed by atoms with Gasteiger partial charge in [0.25, 0.3) is 5.69 Å². The standard InChI is InChI=1S/C11H11ClN4O2/c1-7-8(6-14-15-7)5-13-11-9(12)3-2-4-10(11)16(17)18/h2-4,6,13H,5H2,1H3,(H,14,15). The zero-order valence-corrected chi connectivity index (χ0v) is 10.4. The van der Waals surface area contributed by atoms with Crippen LogP contribution in [-0.4, -0.2) is 15.1 Å². The van der Waals surface area contributed by atoms with E-state index in [9.17, 15) is 10.1 Å². The molecule has 6 nitrogen and oxygen atoms in total. The van der Waals surface area contributed by atoms with Crippen molar-refractivity contribution in [1.29, 1.82) is 0 Å². The molecule has 0 spiro atoms. The van der Waals surface area contributed by atoms with Crippen molar-refractivity contribution in [3.8, 4) is 0 Å². The highest BCUT2D eigenvalue weighted by Crippen LogP contribution is 2.32. The molecule has 0 atom stereocenters. The number of aryl methyl sites for hydroxylation is 1. The maximum Gasteiger partial charge on any atom is 0.293 e. The number of rotatable bonds is 4. The van der Waals surface area contributed by atoms with Crippen LogP contribution in [0.15, 0.2) is 24.4 Å². The Morgan fingerprint density at radius 1 is 1.56 bits per heavy atom. The first kappa shape index (κ1) is 12.4. The van der Waals surface area contributed by atoms with E-state index >= 15 is 0 Å². The van der Waals surface area contributed by atoms with Crippen LogP contribution >= 0.6 is 11.6 Å². The van der Waals surface area contributed by atoms with E-state index in [4.69, 9.17) is 11.6 Å². The second kappa shape index (κ2) is 5.05. The fraction of sp³-hybridized carbons (Fsp3) is 0.182. The number of hydrogen-bond donors (Lipinski definition) is 2. The van der Waals surface area contributed by atoms with E-state index in [1.165, 1.54) is 6.07 Å². The van der Waals surface area contributed by atoms with Crippen molar-refractivity contribution in [2.75, 3.05) is 5.32 Å². The van der Waals surface area contributed by atoms with Crippen molar-refractivity contribution in [3.05, 3.63) is 50.8 Å². The normalized spacial score (nSPS) is 10.3. The molecule has 0 saturated carbocycles. The van der Waals surface area contributed by atoms with Crippen molar-refractivity contribution in [1.82, 2.24) is 10.2 Å². The van der Waals surface area contributed by atoms with Crippen LogP contribution in [0.5, 0.6) is 0 Å². The predicted octanol–water partition coefficient (Wildman–Crippen LogP) is 2.89. The molecule has 0 aliphatic rings. The molecule has 0 bridgehead atoms. The number of para-hydroxylation sites is 1.